The van der Waals surface area contributed by atoms with Gasteiger partial charge in [0.1, 0.15) is 11.9 Å². The van der Waals surface area contributed by atoms with Crippen molar-refractivity contribution in [3.8, 4) is 17.2 Å². The molecule has 1 saturated carbocycles. The molecule has 1 aliphatic carbocycles. The molecule has 1 amide bonds. The molecule has 5 rings (SSSR count). The Hall–Kier alpha value is -3.48. The summed E-state index contributed by atoms with van der Waals surface area (Å²) in [5, 5.41) is 0. The Morgan fingerprint density at radius 2 is 1.65 bits per heavy atom. The molecule has 2 heterocycles. The van der Waals surface area contributed by atoms with Crippen molar-refractivity contribution in [1.82, 2.24) is 4.90 Å². The molecule has 0 bridgehead atoms. The third-order valence-corrected chi connectivity index (χ3v) is 8.05. The van der Waals surface area contributed by atoms with Crippen molar-refractivity contribution in [2.24, 2.45) is 17.8 Å². The van der Waals surface area contributed by atoms with Crippen LogP contribution in [0.4, 0.5) is 0 Å². The second kappa shape index (κ2) is 10.1. The fourth-order valence-corrected chi connectivity index (χ4v) is 6.27. The van der Waals surface area contributed by atoms with Gasteiger partial charge in [-0.2, -0.15) is 0 Å². The molecule has 5 atom stereocenters. The number of methoxy groups -OCH3 is 3. The number of amides is 1. The van der Waals surface area contributed by atoms with Gasteiger partial charge in [0.05, 0.1) is 38.9 Å². The summed E-state index contributed by atoms with van der Waals surface area (Å²) in [6.45, 7) is 4.75. The van der Waals surface area contributed by atoms with Gasteiger partial charge < -0.3 is 23.8 Å². The minimum atomic E-state index is -0.491. The molecule has 2 aromatic carbocycles. The van der Waals surface area contributed by atoms with E-state index in [4.69, 9.17) is 18.9 Å². The first-order chi connectivity index (χ1) is 17.9. The van der Waals surface area contributed by atoms with Gasteiger partial charge in [0, 0.05) is 6.54 Å². The Kier molecular flexibility index (Phi) is 6.88. The molecule has 7 nitrogen and oxygen atoms in total. The molecular weight excluding hydrogens is 470 g/mol. The fourth-order valence-electron chi connectivity index (χ4n) is 6.27. The van der Waals surface area contributed by atoms with Gasteiger partial charge in [0.2, 0.25) is 0 Å². The van der Waals surface area contributed by atoms with Gasteiger partial charge in [-0.05, 0) is 66.5 Å². The van der Waals surface area contributed by atoms with Gasteiger partial charge in [-0.15, -0.1) is 0 Å². The zero-order valence-corrected chi connectivity index (χ0v) is 22.2. The van der Waals surface area contributed by atoms with E-state index in [-0.39, 0.29) is 35.4 Å². The summed E-state index contributed by atoms with van der Waals surface area (Å²) >= 11 is 0. The summed E-state index contributed by atoms with van der Waals surface area (Å²) in [6.07, 6.45) is 2.14. The lowest BCUT2D eigenvalue weighted by Gasteiger charge is -2.41. The summed E-state index contributed by atoms with van der Waals surface area (Å²) in [5.74, 6) is 2.56. The minimum absolute atomic E-state index is 0.0624. The van der Waals surface area contributed by atoms with E-state index in [0.29, 0.717) is 36.0 Å². The molecule has 7 heteroatoms. The number of nitrogens with zero attached hydrogens (tertiary/aromatic N) is 1. The van der Waals surface area contributed by atoms with E-state index in [2.05, 4.69) is 13.8 Å². The number of carbonyl (C=O) groups excluding carboxylic acids is 2. The van der Waals surface area contributed by atoms with Crippen LogP contribution in [0.2, 0.25) is 0 Å². The minimum Gasteiger partial charge on any atom is -0.497 e. The topological polar surface area (TPSA) is 74.3 Å². The number of ketones is 1. The van der Waals surface area contributed by atoms with Crippen LogP contribution in [-0.4, -0.2) is 50.6 Å². The Labute approximate surface area is 218 Å². The van der Waals surface area contributed by atoms with Crippen LogP contribution in [0, 0.1) is 17.8 Å². The number of ether oxygens (including phenoxy) is 4. The van der Waals surface area contributed by atoms with E-state index in [1.807, 2.05) is 42.5 Å². The number of rotatable bonds is 7. The van der Waals surface area contributed by atoms with Gasteiger partial charge in [-0.3, -0.25) is 9.59 Å². The predicted molar refractivity (Wildman–Crippen MR) is 139 cm³/mol. The normalized spacial score (nSPS) is 26.9. The molecule has 5 unspecified atom stereocenters. The standard InChI is InChI=1S/C30H35NO6/c1-17-14-18(2)28-22(15-17)27(32)25-26(20-7-9-21(34-3)10-8-20)31(30(33)29(25)37-28)13-12-19-6-11-23(35-4)24(16-19)36-5/h6-11,16-18,22,26,28H,12-15H2,1-5H3. The maximum Gasteiger partial charge on any atom is 0.290 e. The van der Waals surface area contributed by atoms with E-state index in [0.717, 1.165) is 29.7 Å². The van der Waals surface area contributed by atoms with E-state index >= 15 is 0 Å². The predicted octanol–water partition coefficient (Wildman–Crippen LogP) is 4.74. The molecule has 2 aliphatic heterocycles. The van der Waals surface area contributed by atoms with Gasteiger partial charge >= 0.3 is 0 Å². The van der Waals surface area contributed by atoms with Crippen molar-refractivity contribution in [2.75, 3.05) is 27.9 Å². The monoisotopic (exact) mass is 505 g/mol. The highest BCUT2D eigenvalue weighted by molar-refractivity contribution is 6.11. The maximum absolute atomic E-state index is 14.0. The van der Waals surface area contributed by atoms with Crippen LogP contribution in [0.15, 0.2) is 53.8 Å². The van der Waals surface area contributed by atoms with E-state index in [1.165, 1.54) is 0 Å². The Bertz CT molecular complexity index is 1220. The number of benzene rings is 2. The molecule has 0 radical (unpaired) electrons. The molecule has 3 aliphatic rings. The maximum atomic E-state index is 14.0. The van der Waals surface area contributed by atoms with E-state index in [9.17, 15) is 9.59 Å². The molecule has 2 aromatic rings. The third-order valence-electron chi connectivity index (χ3n) is 8.05. The van der Waals surface area contributed by atoms with Crippen LogP contribution in [0.1, 0.15) is 43.9 Å². The Morgan fingerprint density at radius 3 is 2.32 bits per heavy atom. The zero-order valence-electron chi connectivity index (χ0n) is 22.2. The van der Waals surface area contributed by atoms with E-state index in [1.54, 1.807) is 26.2 Å². The first kappa shape index (κ1) is 25.2. The van der Waals surface area contributed by atoms with Crippen molar-refractivity contribution in [2.45, 2.75) is 45.3 Å². The second-order valence-electron chi connectivity index (χ2n) is 10.5. The lowest BCUT2D eigenvalue weighted by Crippen LogP contribution is -2.45. The average molecular weight is 506 g/mol. The van der Waals surface area contributed by atoms with Crippen molar-refractivity contribution in [1.29, 1.82) is 0 Å². The summed E-state index contributed by atoms with van der Waals surface area (Å²) in [6, 6.07) is 12.9. The summed E-state index contributed by atoms with van der Waals surface area (Å²) in [5.41, 5.74) is 2.39. The first-order valence-electron chi connectivity index (χ1n) is 13.0. The molecule has 0 saturated heterocycles. The van der Waals surface area contributed by atoms with Crippen LogP contribution < -0.4 is 14.2 Å². The molecule has 196 valence electrons. The number of hydrogen-bond acceptors (Lipinski definition) is 6. The molecule has 37 heavy (non-hydrogen) atoms. The van der Waals surface area contributed by atoms with Crippen molar-refractivity contribution < 1.29 is 28.5 Å². The molecule has 0 N–H and O–H groups in total. The number of carbonyl (C=O) groups is 2. The van der Waals surface area contributed by atoms with Gasteiger partial charge in [-0.1, -0.05) is 32.0 Å². The van der Waals surface area contributed by atoms with Crippen LogP contribution in [0.3, 0.4) is 0 Å². The van der Waals surface area contributed by atoms with Gasteiger partial charge in [-0.25, -0.2) is 0 Å². The smallest absolute Gasteiger partial charge is 0.290 e. The number of Topliss-reactive ketones (excluding diaryl/α,β-unsaturated/α-hetero) is 1. The first-order valence-corrected chi connectivity index (χ1v) is 13.0. The SMILES string of the molecule is COc1ccc(C2C3=C(OC4C(C)CC(C)CC4C3=O)C(=O)N2CCc2ccc(OC)c(OC)c2)cc1. The van der Waals surface area contributed by atoms with Gasteiger partial charge in [0.15, 0.2) is 23.0 Å². The molecule has 1 fully saturated rings. The van der Waals surface area contributed by atoms with Crippen LogP contribution in [-0.2, 0) is 20.7 Å². The van der Waals surface area contributed by atoms with Crippen molar-refractivity contribution in [3.63, 3.8) is 0 Å². The molecule has 0 aromatic heterocycles. The second-order valence-corrected chi connectivity index (χ2v) is 10.5. The van der Waals surface area contributed by atoms with Crippen molar-refractivity contribution in [3.05, 3.63) is 64.9 Å². The zero-order chi connectivity index (χ0) is 26.3. The van der Waals surface area contributed by atoms with Gasteiger partial charge in [0.25, 0.3) is 5.91 Å². The Morgan fingerprint density at radius 1 is 0.919 bits per heavy atom. The summed E-state index contributed by atoms with van der Waals surface area (Å²) < 4.78 is 22.6. The molecule has 0 spiro atoms. The Balaban J connectivity index is 1.49. The lowest BCUT2D eigenvalue weighted by atomic mass is 9.70. The highest BCUT2D eigenvalue weighted by Gasteiger charge is 2.53. The van der Waals surface area contributed by atoms with Crippen LogP contribution >= 0.6 is 0 Å². The summed E-state index contributed by atoms with van der Waals surface area (Å²) in [4.78, 5) is 29.6. The quantitative estimate of drug-likeness (QED) is 0.541. The van der Waals surface area contributed by atoms with Crippen LogP contribution in [0.5, 0.6) is 17.2 Å². The lowest BCUT2D eigenvalue weighted by molar-refractivity contribution is -0.138. The summed E-state index contributed by atoms with van der Waals surface area (Å²) in [7, 11) is 4.83. The number of hydrogen-bond donors (Lipinski definition) is 0. The highest BCUT2D eigenvalue weighted by atomic mass is 16.5. The largest absolute Gasteiger partial charge is 0.497 e. The number of fused-ring (bicyclic) bond motifs is 1. The third kappa shape index (κ3) is 4.45. The average Bonchev–Trinajstić information content (AvgIpc) is 3.19. The molecular formula is C30H35NO6. The highest BCUT2D eigenvalue weighted by Crippen LogP contribution is 2.49. The van der Waals surface area contributed by atoms with Crippen LogP contribution in [0.25, 0.3) is 0 Å². The van der Waals surface area contributed by atoms with Crippen molar-refractivity contribution >= 4 is 11.7 Å². The van der Waals surface area contributed by atoms with E-state index < -0.39 is 6.04 Å². The fraction of sp³-hybridized carbons (Fsp3) is 0.467.